The van der Waals surface area contributed by atoms with Crippen LogP contribution in [-0.4, -0.2) is 48.5 Å². The summed E-state index contributed by atoms with van der Waals surface area (Å²) in [5, 5.41) is 10.3. The SMILES string of the molecule is COC(=O)C1(C2(O)COC2)CCCSC1. The van der Waals surface area contributed by atoms with Gasteiger partial charge in [-0.2, -0.15) is 11.8 Å². The maximum atomic E-state index is 11.9. The van der Waals surface area contributed by atoms with Crippen molar-refractivity contribution in [2.24, 2.45) is 5.41 Å². The van der Waals surface area contributed by atoms with Crippen LogP contribution in [0.1, 0.15) is 12.8 Å². The molecule has 0 spiro atoms. The highest BCUT2D eigenvalue weighted by atomic mass is 32.2. The highest BCUT2D eigenvalue weighted by Gasteiger charge is 2.60. The zero-order chi connectivity index (χ0) is 10.9. The van der Waals surface area contributed by atoms with Gasteiger partial charge in [0.15, 0.2) is 0 Å². The van der Waals surface area contributed by atoms with Gasteiger partial charge in [0, 0.05) is 5.75 Å². The Morgan fingerprint density at radius 1 is 1.53 bits per heavy atom. The Kier molecular flexibility index (Phi) is 2.96. The molecular weight excluding hydrogens is 216 g/mol. The molecule has 1 unspecified atom stereocenters. The maximum absolute atomic E-state index is 11.9. The van der Waals surface area contributed by atoms with Crippen molar-refractivity contribution >= 4 is 17.7 Å². The van der Waals surface area contributed by atoms with Crippen molar-refractivity contribution < 1.29 is 19.4 Å². The lowest BCUT2D eigenvalue weighted by atomic mass is 9.68. The van der Waals surface area contributed by atoms with Gasteiger partial charge in [0.05, 0.1) is 20.3 Å². The van der Waals surface area contributed by atoms with E-state index in [0.717, 1.165) is 12.2 Å². The van der Waals surface area contributed by atoms with E-state index in [1.807, 2.05) is 0 Å². The minimum Gasteiger partial charge on any atom is -0.468 e. The Morgan fingerprint density at radius 3 is 2.67 bits per heavy atom. The third-order valence-electron chi connectivity index (χ3n) is 3.39. The van der Waals surface area contributed by atoms with E-state index in [1.54, 1.807) is 11.8 Å². The van der Waals surface area contributed by atoms with Gasteiger partial charge in [-0.15, -0.1) is 0 Å². The van der Waals surface area contributed by atoms with Crippen molar-refractivity contribution in [1.82, 2.24) is 0 Å². The van der Waals surface area contributed by atoms with Gasteiger partial charge >= 0.3 is 5.97 Å². The van der Waals surface area contributed by atoms with Gasteiger partial charge in [0.2, 0.25) is 0 Å². The van der Waals surface area contributed by atoms with E-state index in [9.17, 15) is 9.90 Å². The standard InChI is InChI=1S/C10H16O4S/c1-13-8(11)9(3-2-4-15-7-9)10(12)5-14-6-10/h12H,2-7H2,1H3. The summed E-state index contributed by atoms with van der Waals surface area (Å²) in [6.45, 7) is 0.505. The number of rotatable bonds is 2. The van der Waals surface area contributed by atoms with Crippen molar-refractivity contribution in [3.05, 3.63) is 0 Å². The highest BCUT2D eigenvalue weighted by molar-refractivity contribution is 7.99. The zero-order valence-corrected chi connectivity index (χ0v) is 9.64. The van der Waals surface area contributed by atoms with E-state index in [-0.39, 0.29) is 19.2 Å². The first-order valence-electron chi connectivity index (χ1n) is 5.11. The fourth-order valence-electron chi connectivity index (χ4n) is 2.28. The summed E-state index contributed by atoms with van der Waals surface area (Å²) < 4.78 is 9.89. The second-order valence-electron chi connectivity index (χ2n) is 4.25. The summed E-state index contributed by atoms with van der Waals surface area (Å²) in [4.78, 5) is 11.9. The molecule has 0 aromatic carbocycles. The predicted octanol–water partition coefficient (Wildman–Crippen LogP) is 0.434. The average molecular weight is 232 g/mol. The molecule has 0 aromatic heterocycles. The molecule has 1 atom stereocenters. The first-order chi connectivity index (χ1) is 7.15. The average Bonchev–Trinajstić information content (AvgIpc) is 2.25. The summed E-state index contributed by atoms with van der Waals surface area (Å²) in [5.41, 5.74) is -1.75. The fourth-order valence-corrected chi connectivity index (χ4v) is 3.65. The molecule has 5 heteroatoms. The van der Waals surface area contributed by atoms with E-state index in [0.29, 0.717) is 12.2 Å². The molecule has 1 N–H and O–H groups in total. The molecule has 2 saturated heterocycles. The smallest absolute Gasteiger partial charge is 0.315 e. The molecule has 0 bridgehead atoms. The molecule has 2 aliphatic rings. The highest BCUT2D eigenvalue weighted by Crippen LogP contribution is 2.47. The maximum Gasteiger partial charge on any atom is 0.315 e. The third kappa shape index (κ3) is 1.57. The summed E-state index contributed by atoms with van der Waals surface area (Å²) >= 11 is 1.71. The van der Waals surface area contributed by atoms with Crippen LogP contribution in [0.2, 0.25) is 0 Å². The van der Waals surface area contributed by atoms with Crippen LogP contribution in [0.25, 0.3) is 0 Å². The number of esters is 1. The summed E-state index contributed by atoms with van der Waals surface area (Å²) in [6, 6.07) is 0. The lowest BCUT2D eigenvalue weighted by Gasteiger charge is -2.51. The normalized spacial score (nSPS) is 34.3. The number of methoxy groups -OCH3 is 1. The Balaban J connectivity index is 2.25. The number of hydrogen-bond acceptors (Lipinski definition) is 5. The molecule has 0 aromatic rings. The zero-order valence-electron chi connectivity index (χ0n) is 8.82. The van der Waals surface area contributed by atoms with Gasteiger partial charge in [-0.3, -0.25) is 4.79 Å². The van der Waals surface area contributed by atoms with Crippen LogP contribution in [0.3, 0.4) is 0 Å². The molecule has 4 nitrogen and oxygen atoms in total. The van der Waals surface area contributed by atoms with Crippen LogP contribution in [0.15, 0.2) is 0 Å². The molecular formula is C10H16O4S. The van der Waals surface area contributed by atoms with Crippen molar-refractivity contribution in [2.75, 3.05) is 31.8 Å². The van der Waals surface area contributed by atoms with Crippen LogP contribution < -0.4 is 0 Å². The second kappa shape index (κ2) is 3.96. The quantitative estimate of drug-likeness (QED) is 0.700. The summed E-state index contributed by atoms with van der Waals surface area (Å²) in [6.07, 6.45) is 1.65. The minimum atomic E-state index is -1.01. The lowest BCUT2D eigenvalue weighted by Crippen LogP contribution is -2.66. The Hall–Kier alpha value is -0.260. The van der Waals surface area contributed by atoms with E-state index >= 15 is 0 Å². The van der Waals surface area contributed by atoms with E-state index in [4.69, 9.17) is 9.47 Å². The number of aliphatic hydroxyl groups is 1. The molecule has 0 saturated carbocycles. The van der Waals surface area contributed by atoms with Crippen LogP contribution in [0.4, 0.5) is 0 Å². The number of thioether (sulfide) groups is 1. The van der Waals surface area contributed by atoms with Gasteiger partial charge < -0.3 is 14.6 Å². The molecule has 86 valence electrons. The molecule has 2 fully saturated rings. The van der Waals surface area contributed by atoms with Gasteiger partial charge in [-0.25, -0.2) is 0 Å². The molecule has 2 rings (SSSR count). The van der Waals surface area contributed by atoms with Crippen molar-refractivity contribution in [3.8, 4) is 0 Å². The largest absolute Gasteiger partial charge is 0.468 e. The monoisotopic (exact) mass is 232 g/mol. The topological polar surface area (TPSA) is 55.8 Å². The molecule has 2 aliphatic heterocycles. The molecule has 2 heterocycles. The van der Waals surface area contributed by atoms with Crippen molar-refractivity contribution in [3.63, 3.8) is 0 Å². The lowest BCUT2D eigenvalue weighted by molar-refractivity contribution is -0.242. The van der Waals surface area contributed by atoms with Crippen LogP contribution in [0, 0.1) is 5.41 Å². The van der Waals surface area contributed by atoms with Crippen molar-refractivity contribution in [2.45, 2.75) is 18.4 Å². The Bertz CT molecular complexity index is 256. The number of carbonyl (C=O) groups is 1. The third-order valence-corrected chi connectivity index (χ3v) is 4.66. The van der Waals surface area contributed by atoms with Gasteiger partial charge in [0.25, 0.3) is 0 Å². The van der Waals surface area contributed by atoms with Gasteiger partial charge in [0.1, 0.15) is 11.0 Å². The van der Waals surface area contributed by atoms with E-state index < -0.39 is 11.0 Å². The van der Waals surface area contributed by atoms with Gasteiger partial charge in [-0.05, 0) is 18.6 Å². The molecule has 15 heavy (non-hydrogen) atoms. The number of hydrogen-bond donors (Lipinski definition) is 1. The Labute approximate surface area is 93.3 Å². The van der Waals surface area contributed by atoms with Gasteiger partial charge in [-0.1, -0.05) is 0 Å². The first-order valence-corrected chi connectivity index (χ1v) is 6.26. The molecule has 0 aliphatic carbocycles. The van der Waals surface area contributed by atoms with Crippen molar-refractivity contribution in [1.29, 1.82) is 0 Å². The van der Waals surface area contributed by atoms with Crippen LogP contribution >= 0.6 is 11.8 Å². The second-order valence-corrected chi connectivity index (χ2v) is 5.36. The van der Waals surface area contributed by atoms with Crippen LogP contribution in [0.5, 0.6) is 0 Å². The fraction of sp³-hybridized carbons (Fsp3) is 0.900. The van der Waals surface area contributed by atoms with E-state index in [2.05, 4.69) is 0 Å². The number of carbonyl (C=O) groups excluding carboxylic acids is 1. The van der Waals surface area contributed by atoms with E-state index in [1.165, 1.54) is 7.11 Å². The molecule has 0 amide bonds. The number of ether oxygens (including phenoxy) is 2. The predicted molar refractivity (Wildman–Crippen MR) is 56.8 cm³/mol. The minimum absolute atomic E-state index is 0.253. The Morgan fingerprint density at radius 2 is 2.27 bits per heavy atom. The first kappa shape index (κ1) is 11.2. The molecule has 0 radical (unpaired) electrons. The summed E-state index contributed by atoms with van der Waals surface area (Å²) in [5.74, 6) is 1.40. The summed E-state index contributed by atoms with van der Waals surface area (Å²) in [7, 11) is 1.38. The van der Waals surface area contributed by atoms with Crippen LogP contribution in [-0.2, 0) is 14.3 Å².